The Hall–Kier alpha value is -3.34. The van der Waals surface area contributed by atoms with E-state index in [1.54, 1.807) is 13.8 Å². The number of rotatable bonds is 17. The third-order valence-electron chi connectivity index (χ3n) is 6.36. The molecule has 0 radical (unpaired) electrons. The number of nitrogens with two attached hydrogens (primary N) is 1. The van der Waals surface area contributed by atoms with Crippen molar-refractivity contribution in [1.29, 1.82) is 0 Å². The second-order valence-electron chi connectivity index (χ2n) is 11.1. The number of carbonyl (C=O) groups excluding carboxylic acids is 3. The lowest BCUT2D eigenvalue weighted by Crippen LogP contribution is -2.38. The van der Waals surface area contributed by atoms with Crippen LogP contribution in [0.4, 0.5) is 9.59 Å². The number of esters is 1. The van der Waals surface area contributed by atoms with Crippen molar-refractivity contribution in [1.82, 2.24) is 0 Å². The number of aliphatic carboxylic acids is 1. The van der Waals surface area contributed by atoms with Crippen LogP contribution >= 0.6 is 0 Å². The van der Waals surface area contributed by atoms with Gasteiger partial charge in [0.05, 0.1) is 25.2 Å². The summed E-state index contributed by atoms with van der Waals surface area (Å²) in [5.74, 6) is -2.48. The lowest BCUT2D eigenvalue weighted by atomic mass is 9.87. The second-order valence-corrected chi connectivity index (χ2v) is 11.1. The minimum Gasteiger partial charge on any atom is -0.480 e. The van der Waals surface area contributed by atoms with Crippen LogP contribution in [-0.4, -0.2) is 54.7 Å². The van der Waals surface area contributed by atoms with E-state index in [4.69, 9.17) is 29.4 Å². The summed E-state index contributed by atoms with van der Waals surface area (Å²) in [6.45, 7) is 13.6. The fraction of sp³-hybridized carbons (Fsp3) is 0.667. The highest BCUT2D eigenvalue weighted by atomic mass is 16.7. The summed E-state index contributed by atoms with van der Waals surface area (Å²) in [7, 11) is 0. The number of ether oxygens (including phenoxy) is 5. The van der Waals surface area contributed by atoms with Gasteiger partial charge in [0.25, 0.3) is 0 Å². The Labute approximate surface area is 243 Å². The summed E-state index contributed by atoms with van der Waals surface area (Å²) < 4.78 is 26.4. The van der Waals surface area contributed by atoms with Gasteiger partial charge < -0.3 is 34.5 Å². The normalized spacial score (nSPS) is 14.1. The van der Waals surface area contributed by atoms with Crippen molar-refractivity contribution in [3.63, 3.8) is 0 Å². The van der Waals surface area contributed by atoms with Crippen molar-refractivity contribution in [3.8, 4) is 11.5 Å². The van der Waals surface area contributed by atoms with E-state index in [0.29, 0.717) is 36.7 Å². The minimum atomic E-state index is -1.37. The van der Waals surface area contributed by atoms with Crippen LogP contribution in [0, 0.1) is 17.8 Å². The quantitative estimate of drug-likeness (QED) is 0.125. The van der Waals surface area contributed by atoms with Crippen LogP contribution in [0.1, 0.15) is 92.1 Å². The van der Waals surface area contributed by atoms with Gasteiger partial charge in [-0.05, 0) is 62.1 Å². The second kappa shape index (κ2) is 18.2. The molecule has 0 saturated heterocycles. The molecule has 0 fully saturated rings. The molecule has 0 aliphatic carbocycles. The first-order valence-electron chi connectivity index (χ1n) is 14.3. The molecule has 232 valence electrons. The maximum absolute atomic E-state index is 12.4. The molecule has 3 unspecified atom stereocenters. The van der Waals surface area contributed by atoms with Crippen LogP contribution in [0.2, 0.25) is 0 Å². The number of carbonyl (C=O) groups is 4. The molecule has 0 heterocycles. The standard InChI is InChI=1S/C30H47NO10/c1-8-9-20(6)28(34)39-21(7)16-23(26(31)27(32)33)22-10-11-24(40-29(35)37-14-12-18(2)3)25(17-22)41-30(36)38-15-13-19(4)5/h10-11,17-21,23,26H,8-9,12-16,31H2,1-7H3,(H,32,33)/t20?,21?,23?,26-/m0/s1. The van der Waals surface area contributed by atoms with Crippen LogP contribution < -0.4 is 15.2 Å². The largest absolute Gasteiger partial charge is 0.513 e. The van der Waals surface area contributed by atoms with Gasteiger partial charge in [-0.1, -0.05) is 54.0 Å². The van der Waals surface area contributed by atoms with E-state index in [2.05, 4.69) is 0 Å². The van der Waals surface area contributed by atoms with Crippen molar-refractivity contribution in [2.24, 2.45) is 23.5 Å². The van der Waals surface area contributed by atoms with Gasteiger partial charge in [-0.2, -0.15) is 0 Å². The fourth-order valence-corrected chi connectivity index (χ4v) is 3.85. The number of hydrogen-bond donors (Lipinski definition) is 2. The summed E-state index contributed by atoms with van der Waals surface area (Å²) >= 11 is 0. The highest BCUT2D eigenvalue weighted by molar-refractivity contribution is 5.75. The molecule has 0 saturated carbocycles. The Morgan fingerprint density at radius 3 is 1.85 bits per heavy atom. The molecule has 4 atom stereocenters. The molecule has 41 heavy (non-hydrogen) atoms. The van der Waals surface area contributed by atoms with E-state index < -0.39 is 36.3 Å². The Morgan fingerprint density at radius 2 is 1.37 bits per heavy atom. The van der Waals surface area contributed by atoms with Gasteiger partial charge in [0.1, 0.15) is 6.04 Å². The molecular formula is C30H47NO10. The highest BCUT2D eigenvalue weighted by Crippen LogP contribution is 2.35. The van der Waals surface area contributed by atoms with Crippen molar-refractivity contribution in [3.05, 3.63) is 23.8 Å². The number of carboxylic acids is 1. The van der Waals surface area contributed by atoms with E-state index in [9.17, 15) is 24.3 Å². The first-order valence-corrected chi connectivity index (χ1v) is 14.3. The van der Waals surface area contributed by atoms with Gasteiger partial charge in [0.2, 0.25) is 0 Å². The number of carboxylic acid groups (broad SMARTS) is 1. The van der Waals surface area contributed by atoms with E-state index in [1.165, 1.54) is 18.2 Å². The third-order valence-corrected chi connectivity index (χ3v) is 6.36. The number of hydrogen-bond acceptors (Lipinski definition) is 10. The first kappa shape index (κ1) is 35.7. The lowest BCUT2D eigenvalue weighted by molar-refractivity contribution is -0.153. The fourth-order valence-electron chi connectivity index (χ4n) is 3.85. The average molecular weight is 582 g/mol. The maximum Gasteiger partial charge on any atom is 0.513 e. The van der Waals surface area contributed by atoms with Crippen LogP contribution in [0.15, 0.2) is 18.2 Å². The monoisotopic (exact) mass is 581 g/mol. The van der Waals surface area contributed by atoms with Crippen LogP contribution in [0.25, 0.3) is 0 Å². The molecule has 1 aromatic rings. The predicted molar refractivity (Wildman–Crippen MR) is 152 cm³/mol. The van der Waals surface area contributed by atoms with Crippen molar-refractivity contribution in [2.75, 3.05) is 13.2 Å². The SMILES string of the molecule is CCCC(C)C(=O)OC(C)CC(c1ccc(OC(=O)OCCC(C)C)c(OC(=O)OCCC(C)C)c1)[C@H](N)C(=O)O. The molecule has 0 aliphatic heterocycles. The zero-order valence-corrected chi connectivity index (χ0v) is 25.3. The van der Waals surface area contributed by atoms with Crippen molar-refractivity contribution >= 4 is 24.2 Å². The third kappa shape index (κ3) is 13.7. The zero-order valence-electron chi connectivity index (χ0n) is 25.3. The van der Waals surface area contributed by atoms with E-state index >= 15 is 0 Å². The Balaban J connectivity index is 3.26. The van der Waals surface area contributed by atoms with Gasteiger partial charge in [-0.25, -0.2) is 9.59 Å². The van der Waals surface area contributed by atoms with Crippen molar-refractivity contribution in [2.45, 2.75) is 98.6 Å². The summed E-state index contributed by atoms with van der Waals surface area (Å²) in [5, 5.41) is 9.69. The predicted octanol–water partition coefficient (Wildman–Crippen LogP) is 6.06. The molecule has 11 nitrogen and oxygen atoms in total. The van der Waals surface area contributed by atoms with Gasteiger partial charge in [-0.15, -0.1) is 0 Å². The summed E-state index contributed by atoms with van der Waals surface area (Å²) in [6, 6.07) is 2.86. The van der Waals surface area contributed by atoms with E-state index in [-0.39, 0.29) is 43.0 Å². The molecule has 11 heteroatoms. The Morgan fingerprint density at radius 1 is 0.829 bits per heavy atom. The number of benzene rings is 1. The highest BCUT2D eigenvalue weighted by Gasteiger charge is 2.31. The van der Waals surface area contributed by atoms with E-state index in [0.717, 1.165) is 6.42 Å². The zero-order chi connectivity index (χ0) is 31.1. The molecule has 1 rings (SSSR count). The summed E-state index contributed by atoms with van der Waals surface area (Å²) in [6.07, 6.45) is 0.142. The van der Waals surface area contributed by atoms with Gasteiger partial charge in [-0.3, -0.25) is 9.59 Å². The average Bonchev–Trinajstić information content (AvgIpc) is 2.87. The van der Waals surface area contributed by atoms with Crippen LogP contribution in [-0.2, 0) is 23.8 Å². The molecule has 0 aliphatic rings. The lowest BCUT2D eigenvalue weighted by Gasteiger charge is -2.26. The summed E-state index contributed by atoms with van der Waals surface area (Å²) in [5.41, 5.74) is 6.42. The smallest absolute Gasteiger partial charge is 0.480 e. The van der Waals surface area contributed by atoms with Gasteiger partial charge in [0.15, 0.2) is 11.5 Å². The molecule has 0 amide bonds. The topological polar surface area (TPSA) is 161 Å². The van der Waals surface area contributed by atoms with Gasteiger partial charge in [0, 0.05) is 5.92 Å². The maximum atomic E-state index is 12.4. The molecule has 0 bridgehead atoms. The molecule has 1 aromatic carbocycles. The molecule has 0 aromatic heterocycles. The molecule has 0 spiro atoms. The van der Waals surface area contributed by atoms with Gasteiger partial charge >= 0.3 is 24.2 Å². The van der Waals surface area contributed by atoms with Crippen LogP contribution in [0.5, 0.6) is 11.5 Å². The molecular weight excluding hydrogens is 534 g/mol. The molecule has 3 N–H and O–H groups in total. The summed E-state index contributed by atoms with van der Waals surface area (Å²) in [4.78, 5) is 49.0. The van der Waals surface area contributed by atoms with Crippen molar-refractivity contribution < 1.29 is 48.0 Å². The Kier molecular flexibility index (Phi) is 15.8. The Bertz CT molecular complexity index is 993. The van der Waals surface area contributed by atoms with E-state index in [1.807, 2.05) is 34.6 Å². The minimum absolute atomic E-state index is 0.0772. The first-order chi connectivity index (χ1) is 19.2. The van der Waals surface area contributed by atoms with Crippen LogP contribution in [0.3, 0.4) is 0 Å².